The molecule has 2 aromatic rings. The third-order valence-electron chi connectivity index (χ3n) is 4.79. The Morgan fingerprint density at radius 2 is 1.84 bits per heavy atom. The van der Waals surface area contributed by atoms with E-state index in [2.05, 4.69) is 50.9 Å². The molecule has 0 radical (unpaired) electrons. The zero-order valence-electron chi connectivity index (χ0n) is 12.6. The number of aryl methyl sites for hydroxylation is 1. The second kappa shape index (κ2) is 4.70. The van der Waals surface area contributed by atoms with E-state index in [0.717, 1.165) is 11.8 Å². The van der Waals surface area contributed by atoms with E-state index < -0.39 is 0 Å². The van der Waals surface area contributed by atoms with Crippen LogP contribution in [0.1, 0.15) is 56.9 Å². The van der Waals surface area contributed by atoms with Gasteiger partial charge in [-0.25, -0.2) is 0 Å². The van der Waals surface area contributed by atoms with E-state index in [1.165, 1.54) is 35.9 Å². The molecule has 1 unspecified atom stereocenters. The Morgan fingerprint density at radius 3 is 2.53 bits per heavy atom. The van der Waals surface area contributed by atoms with Crippen molar-refractivity contribution in [3.05, 3.63) is 35.0 Å². The summed E-state index contributed by atoms with van der Waals surface area (Å²) in [5.41, 5.74) is 5.85. The summed E-state index contributed by atoms with van der Waals surface area (Å²) in [6.45, 7) is 9.22. The predicted octanol–water partition coefficient (Wildman–Crippen LogP) is 5.05. The third-order valence-corrected chi connectivity index (χ3v) is 4.79. The molecule has 0 saturated carbocycles. The molecule has 1 atom stereocenters. The highest BCUT2D eigenvalue weighted by Gasteiger charge is 2.22. The molecule has 1 aliphatic rings. The minimum atomic E-state index is 0.577. The Bertz CT molecular complexity index is 589. The molecule has 19 heavy (non-hydrogen) atoms. The maximum atomic E-state index is 3.59. The van der Waals surface area contributed by atoms with Gasteiger partial charge in [0.25, 0.3) is 0 Å². The second-order valence-corrected chi connectivity index (χ2v) is 6.83. The number of fused-ring (bicyclic) bond motifs is 2. The summed E-state index contributed by atoms with van der Waals surface area (Å²) in [4.78, 5) is 3.59. The summed E-state index contributed by atoms with van der Waals surface area (Å²) in [7, 11) is 0. The van der Waals surface area contributed by atoms with Gasteiger partial charge in [0.05, 0.1) is 0 Å². The van der Waals surface area contributed by atoms with Crippen LogP contribution in [-0.2, 0) is 12.8 Å². The van der Waals surface area contributed by atoms with Crippen molar-refractivity contribution in [3.63, 3.8) is 0 Å². The van der Waals surface area contributed by atoms with E-state index in [1.54, 1.807) is 11.1 Å². The van der Waals surface area contributed by atoms with Crippen molar-refractivity contribution in [2.75, 3.05) is 0 Å². The van der Waals surface area contributed by atoms with Gasteiger partial charge in [-0.15, -0.1) is 0 Å². The topological polar surface area (TPSA) is 15.8 Å². The van der Waals surface area contributed by atoms with Gasteiger partial charge in [-0.3, -0.25) is 0 Å². The number of rotatable bonds is 2. The van der Waals surface area contributed by atoms with Crippen LogP contribution >= 0.6 is 0 Å². The molecule has 1 nitrogen and oxygen atoms in total. The number of H-pyrrole nitrogens is 1. The molecule has 1 aliphatic carbocycles. The monoisotopic (exact) mass is 255 g/mol. The van der Waals surface area contributed by atoms with Crippen LogP contribution in [0.3, 0.4) is 0 Å². The van der Waals surface area contributed by atoms with Crippen molar-refractivity contribution in [2.45, 2.75) is 52.9 Å². The highest BCUT2D eigenvalue weighted by Crippen LogP contribution is 2.33. The van der Waals surface area contributed by atoms with Crippen molar-refractivity contribution in [3.8, 4) is 0 Å². The number of nitrogens with one attached hydrogen (secondary N) is 1. The van der Waals surface area contributed by atoms with Crippen molar-refractivity contribution < 1.29 is 0 Å². The summed E-state index contributed by atoms with van der Waals surface area (Å²) in [5, 5.41) is 1.39. The van der Waals surface area contributed by atoms with Crippen LogP contribution in [0.25, 0.3) is 10.9 Å². The van der Waals surface area contributed by atoms with Crippen LogP contribution < -0.4 is 0 Å². The average molecular weight is 255 g/mol. The van der Waals surface area contributed by atoms with Crippen molar-refractivity contribution in [1.29, 1.82) is 0 Å². The lowest BCUT2D eigenvalue weighted by atomic mass is 9.78. The fourth-order valence-electron chi connectivity index (χ4n) is 3.32. The Kier molecular flexibility index (Phi) is 3.16. The molecule has 0 spiro atoms. The number of benzene rings is 1. The van der Waals surface area contributed by atoms with E-state index in [1.807, 2.05) is 0 Å². The highest BCUT2D eigenvalue weighted by atomic mass is 14.7. The molecule has 1 heteroatoms. The van der Waals surface area contributed by atoms with Crippen LogP contribution in [0.2, 0.25) is 0 Å². The minimum Gasteiger partial charge on any atom is -0.358 e. The van der Waals surface area contributed by atoms with E-state index in [0.29, 0.717) is 5.92 Å². The minimum absolute atomic E-state index is 0.577. The van der Waals surface area contributed by atoms with Gasteiger partial charge in [0.2, 0.25) is 0 Å². The number of aromatic nitrogens is 1. The van der Waals surface area contributed by atoms with Gasteiger partial charge in [0, 0.05) is 11.2 Å². The van der Waals surface area contributed by atoms with Crippen molar-refractivity contribution in [1.82, 2.24) is 4.98 Å². The molecule has 0 aliphatic heterocycles. The maximum absolute atomic E-state index is 3.59. The smallest absolute Gasteiger partial charge is 0.0459 e. The molecule has 1 N–H and O–H groups in total. The molecule has 0 bridgehead atoms. The first-order valence-electron chi connectivity index (χ1n) is 7.69. The summed E-state index contributed by atoms with van der Waals surface area (Å²) in [6.07, 6.45) is 3.88. The molecule has 0 saturated heterocycles. The van der Waals surface area contributed by atoms with Crippen LogP contribution in [0.5, 0.6) is 0 Å². The van der Waals surface area contributed by atoms with Gasteiger partial charge >= 0.3 is 0 Å². The SMILES string of the molecule is CC(C)c1cc2cc3c(cc2[nH]1)CC(C(C)C)CC3. The molecule has 102 valence electrons. The zero-order chi connectivity index (χ0) is 13.6. The highest BCUT2D eigenvalue weighted by molar-refractivity contribution is 5.82. The molecule has 1 aromatic heterocycles. The van der Waals surface area contributed by atoms with Gasteiger partial charge in [-0.1, -0.05) is 27.7 Å². The first-order valence-corrected chi connectivity index (χ1v) is 7.69. The Balaban J connectivity index is 2.01. The van der Waals surface area contributed by atoms with E-state index in [4.69, 9.17) is 0 Å². The van der Waals surface area contributed by atoms with Crippen LogP contribution in [0.4, 0.5) is 0 Å². The molecule has 1 heterocycles. The summed E-state index contributed by atoms with van der Waals surface area (Å²) >= 11 is 0. The van der Waals surface area contributed by atoms with Crippen molar-refractivity contribution >= 4 is 10.9 Å². The molecule has 0 amide bonds. The summed E-state index contributed by atoms with van der Waals surface area (Å²) in [5.74, 6) is 2.25. The van der Waals surface area contributed by atoms with E-state index in [-0.39, 0.29) is 0 Å². The molecular weight excluding hydrogens is 230 g/mol. The lowest BCUT2D eigenvalue weighted by Crippen LogP contribution is -2.18. The largest absolute Gasteiger partial charge is 0.358 e. The van der Waals surface area contributed by atoms with Gasteiger partial charge in [-0.2, -0.15) is 0 Å². The van der Waals surface area contributed by atoms with Crippen LogP contribution in [0.15, 0.2) is 18.2 Å². The number of aromatic amines is 1. The second-order valence-electron chi connectivity index (χ2n) is 6.83. The molecule has 3 rings (SSSR count). The lowest BCUT2D eigenvalue weighted by molar-refractivity contribution is 0.343. The van der Waals surface area contributed by atoms with Gasteiger partial charge in [-0.05, 0) is 71.7 Å². The number of hydrogen-bond acceptors (Lipinski definition) is 0. The Morgan fingerprint density at radius 1 is 1.05 bits per heavy atom. The Hall–Kier alpha value is -1.24. The molecule has 0 fully saturated rings. The third kappa shape index (κ3) is 2.31. The summed E-state index contributed by atoms with van der Waals surface area (Å²) in [6, 6.07) is 7.16. The molecule has 1 aromatic carbocycles. The van der Waals surface area contributed by atoms with Gasteiger partial charge in [0.1, 0.15) is 0 Å². The number of hydrogen-bond donors (Lipinski definition) is 1. The first-order chi connectivity index (χ1) is 9.04. The maximum Gasteiger partial charge on any atom is 0.0459 e. The zero-order valence-corrected chi connectivity index (χ0v) is 12.6. The van der Waals surface area contributed by atoms with Gasteiger partial charge in [0.15, 0.2) is 0 Å². The van der Waals surface area contributed by atoms with Gasteiger partial charge < -0.3 is 4.98 Å². The van der Waals surface area contributed by atoms with E-state index >= 15 is 0 Å². The fraction of sp³-hybridized carbons (Fsp3) is 0.556. The predicted molar refractivity (Wildman–Crippen MR) is 82.7 cm³/mol. The quantitative estimate of drug-likeness (QED) is 0.772. The lowest BCUT2D eigenvalue weighted by Gasteiger charge is -2.27. The first kappa shape index (κ1) is 12.8. The van der Waals surface area contributed by atoms with Crippen LogP contribution in [-0.4, -0.2) is 4.98 Å². The Labute approximate surface area is 116 Å². The summed E-state index contributed by atoms with van der Waals surface area (Å²) < 4.78 is 0. The standard InChI is InChI=1S/C18H25N/c1-11(2)13-5-6-14-8-16-10-17(12(3)4)19-18(16)9-15(14)7-13/h8-13,19H,5-7H2,1-4H3. The van der Waals surface area contributed by atoms with E-state index in [9.17, 15) is 0 Å². The average Bonchev–Trinajstić information content (AvgIpc) is 2.78. The fourth-order valence-corrected chi connectivity index (χ4v) is 3.32. The molecular formula is C18H25N. The van der Waals surface area contributed by atoms with Crippen LogP contribution in [0, 0.1) is 11.8 Å². The normalized spacial score (nSPS) is 19.4. The van der Waals surface area contributed by atoms with Crippen molar-refractivity contribution in [2.24, 2.45) is 11.8 Å².